The van der Waals surface area contributed by atoms with Crippen LogP contribution in [0.2, 0.25) is 10.0 Å². The van der Waals surface area contributed by atoms with Gasteiger partial charge in [0.1, 0.15) is 12.1 Å². The molecule has 0 bridgehead atoms. The lowest BCUT2D eigenvalue weighted by atomic mass is 9.96. The number of fused-ring (bicyclic) bond motifs is 2. The minimum absolute atomic E-state index is 0.0267. The van der Waals surface area contributed by atoms with E-state index in [1.165, 1.54) is 0 Å². The number of hydrogen-bond acceptors (Lipinski definition) is 7. The zero-order valence-electron chi connectivity index (χ0n) is 21.9. The molecule has 1 aromatic rings. The number of rotatable bonds is 6. The summed E-state index contributed by atoms with van der Waals surface area (Å²) in [5.41, 5.74) is 5.43. The molecule has 2 atom stereocenters. The first-order valence-electron chi connectivity index (χ1n) is 13.2. The smallest absolute Gasteiger partial charge is 0.328 e. The van der Waals surface area contributed by atoms with Crippen LogP contribution in [0.15, 0.2) is 47.3 Å². The van der Waals surface area contributed by atoms with Crippen LogP contribution >= 0.6 is 23.2 Å². The van der Waals surface area contributed by atoms with Gasteiger partial charge in [0, 0.05) is 38.9 Å². The second-order valence-corrected chi connectivity index (χ2v) is 10.7. The highest BCUT2D eigenvalue weighted by atomic mass is 35.5. The zero-order valence-corrected chi connectivity index (χ0v) is 23.5. The van der Waals surface area contributed by atoms with Crippen molar-refractivity contribution < 1.29 is 19.5 Å². The van der Waals surface area contributed by atoms with Crippen LogP contribution in [0.3, 0.4) is 0 Å². The van der Waals surface area contributed by atoms with Gasteiger partial charge in [0.15, 0.2) is 0 Å². The number of hydrazine groups is 1. The largest absolute Gasteiger partial charge is 0.480 e. The Morgan fingerprint density at radius 2 is 1.98 bits per heavy atom. The fourth-order valence-corrected chi connectivity index (χ4v) is 6.02. The summed E-state index contributed by atoms with van der Waals surface area (Å²) in [5, 5.41) is 26.1. The van der Waals surface area contributed by atoms with Crippen LogP contribution < -0.4 is 16.1 Å². The molecule has 4 N–H and O–H groups in total. The Labute approximate surface area is 246 Å². The molecule has 0 radical (unpaired) electrons. The van der Waals surface area contributed by atoms with E-state index >= 15 is 0 Å². The highest BCUT2D eigenvalue weighted by Crippen LogP contribution is 2.35. The SMILES string of the molecule is N#C/N=C(/NC[C@H](NC(=O)c1c(Cl)cc2c(c1Cl)CCN(C(=O)C1C=C3C=CC=CN3N1)C2)C(=O)O)N1CCCC1. The molecule has 4 aliphatic heterocycles. The number of guanidine groups is 1. The summed E-state index contributed by atoms with van der Waals surface area (Å²) in [5.74, 6) is -1.85. The minimum Gasteiger partial charge on any atom is -0.480 e. The maximum Gasteiger partial charge on any atom is 0.328 e. The Bertz CT molecular complexity index is 1430. The lowest BCUT2D eigenvalue weighted by Gasteiger charge is -2.32. The molecule has 5 rings (SSSR count). The molecule has 1 unspecified atom stereocenters. The van der Waals surface area contributed by atoms with Crippen molar-refractivity contribution in [1.82, 2.24) is 30.9 Å². The van der Waals surface area contributed by atoms with Crippen molar-refractivity contribution in [1.29, 1.82) is 5.26 Å². The molecule has 214 valence electrons. The molecule has 4 aliphatic rings. The summed E-state index contributed by atoms with van der Waals surface area (Å²) in [4.78, 5) is 45.7. The lowest BCUT2D eigenvalue weighted by Crippen LogP contribution is -2.51. The van der Waals surface area contributed by atoms with Gasteiger partial charge in [0.2, 0.25) is 18.1 Å². The number of benzene rings is 1. The third-order valence-electron chi connectivity index (χ3n) is 7.35. The molecule has 0 spiro atoms. The number of carbonyl (C=O) groups excluding carboxylic acids is 2. The molecule has 0 aliphatic carbocycles. The average molecular weight is 599 g/mol. The molecular formula is C27H28Cl2N8O4. The Kier molecular flexibility index (Phi) is 8.49. The van der Waals surface area contributed by atoms with Crippen molar-refractivity contribution in [3.63, 3.8) is 0 Å². The Balaban J connectivity index is 1.27. The van der Waals surface area contributed by atoms with Gasteiger partial charge in [0.25, 0.3) is 5.91 Å². The predicted molar refractivity (Wildman–Crippen MR) is 151 cm³/mol. The number of aliphatic imine (C=N–C) groups is 1. The monoisotopic (exact) mass is 598 g/mol. The maximum atomic E-state index is 13.2. The van der Waals surface area contributed by atoms with Crippen LogP contribution in [0.4, 0.5) is 0 Å². The molecule has 12 nitrogen and oxygen atoms in total. The molecule has 14 heteroatoms. The number of carbonyl (C=O) groups is 3. The first kappa shape index (κ1) is 28.5. The highest BCUT2D eigenvalue weighted by molar-refractivity contribution is 6.40. The number of likely N-dealkylation sites (tertiary alicyclic amines) is 1. The number of aliphatic carboxylic acids is 1. The van der Waals surface area contributed by atoms with E-state index in [0.717, 1.165) is 24.1 Å². The number of amides is 2. The van der Waals surface area contributed by atoms with Crippen molar-refractivity contribution in [3.05, 3.63) is 69.0 Å². The van der Waals surface area contributed by atoms with E-state index in [9.17, 15) is 19.5 Å². The highest BCUT2D eigenvalue weighted by Gasteiger charge is 2.34. The van der Waals surface area contributed by atoms with E-state index in [1.54, 1.807) is 22.2 Å². The number of halogens is 2. The Morgan fingerprint density at radius 1 is 1.20 bits per heavy atom. The summed E-state index contributed by atoms with van der Waals surface area (Å²) in [6.45, 7) is 1.85. The topological polar surface area (TPSA) is 153 Å². The van der Waals surface area contributed by atoms with Crippen LogP contribution in [0.1, 0.15) is 34.3 Å². The van der Waals surface area contributed by atoms with Gasteiger partial charge in [-0.2, -0.15) is 5.26 Å². The van der Waals surface area contributed by atoms with Crippen molar-refractivity contribution in [3.8, 4) is 6.19 Å². The fraction of sp³-hybridized carbons (Fsp3) is 0.370. The number of nitrogens with zero attached hydrogens (tertiary/aromatic N) is 5. The summed E-state index contributed by atoms with van der Waals surface area (Å²) in [6, 6.07) is -0.256. The maximum absolute atomic E-state index is 13.2. The van der Waals surface area contributed by atoms with Gasteiger partial charge in [-0.15, -0.1) is 4.99 Å². The molecule has 0 saturated carbocycles. The third-order valence-corrected chi connectivity index (χ3v) is 8.06. The van der Waals surface area contributed by atoms with E-state index in [-0.39, 0.29) is 40.6 Å². The molecule has 1 fully saturated rings. The third kappa shape index (κ3) is 6.02. The van der Waals surface area contributed by atoms with E-state index in [4.69, 9.17) is 28.5 Å². The number of nitriles is 1. The average Bonchev–Trinajstić information content (AvgIpc) is 3.64. The van der Waals surface area contributed by atoms with Crippen LogP contribution in [-0.4, -0.2) is 81.9 Å². The number of hydrogen-bond donors (Lipinski definition) is 4. The van der Waals surface area contributed by atoms with Gasteiger partial charge in [-0.1, -0.05) is 29.3 Å². The number of carboxylic acid groups (broad SMARTS) is 1. The molecule has 1 aromatic carbocycles. The molecule has 41 heavy (non-hydrogen) atoms. The van der Waals surface area contributed by atoms with Crippen molar-refractivity contribution in [2.75, 3.05) is 26.2 Å². The minimum atomic E-state index is -1.34. The van der Waals surface area contributed by atoms with Gasteiger partial charge < -0.3 is 25.5 Å². The van der Waals surface area contributed by atoms with E-state index in [1.807, 2.05) is 35.4 Å². The second-order valence-electron chi connectivity index (χ2n) is 9.94. The van der Waals surface area contributed by atoms with E-state index in [0.29, 0.717) is 31.6 Å². The van der Waals surface area contributed by atoms with Crippen molar-refractivity contribution in [2.24, 2.45) is 4.99 Å². The number of nitrogens with one attached hydrogen (secondary N) is 3. The Hall–Kier alpha value is -4.05. The number of carboxylic acids is 1. The van der Waals surface area contributed by atoms with Crippen LogP contribution in [0, 0.1) is 11.5 Å². The first-order chi connectivity index (χ1) is 19.8. The van der Waals surface area contributed by atoms with Crippen molar-refractivity contribution >= 4 is 46.9 Å². The van der Waals surface area contributed by atoms with Crippen LogP contribution in [-0.2, 0) is 22.6 Å². The van der Waals surface area contributed by atoms with Gasteiger partial charge in [-0.25, -0.2) is 10.2 Å². The Morgan fingerprint density at radius 3 is 2.68 bits per heavy atom. The zero-order chi connectivity index (χ0) is 29.1. The molecule has 2 amide bonds. The molecule has 0 aromatic heterocycles. The number of allylic oxidation sites excluding steroid dienone is 3. The van der Waals surface area contributed by atoms with Crippen LogP contribution in [0.5, 0.6) is 0 Å². The summed E-state index contributed by atoms with van der Waals surface area (Å²) in [7, 11) is 0. The fourth-order valence-electron chi connectivity index (χ4n) is 5.26. The van der Waals surface area contributed by atoms with E-state index < -0.39 is 24.0 Å². The standard InChI is InChI=1S/C27H28Cl2N8O4/c28-19-11-16-14-36(25(39)20-12-17-5-1-2-9-37(17)34-20)10-6-18(16)23(29)22(19)24(38)33-21(26(40)41)13-31-27(32-15-30)35-7-3-4-8-35/h1-2,5,9,11-12,20-21,34H,3-4,6-8,10,13-14H2,(H,31,32)(H,33,38)(H,40,41)/t20?,21-/m0/s1. The summed E-state index contributed by atoms with van der Waals surface area (Å²) >= 11 is 13.2. The summed E-state index contributed by atoms with van der Waals surface area (Å²) in [6.07, 6.45) is 13.4. The summed E-state index contributed by atoms with van der Waals surface area (Å²) < 4.78 is 0. The van der Waals surface area contributed by atoms with Crippen LogP contribution in [0.25, 0.3) is 0 Å². The molecule has 1 saturated heterocycles. The normalized spacial score (nSPS) is 20.2. The molecule has 4 heterocycles. The second kappa shape index (κ2) is 12.2. The van der Waals surface area contributed by atoms with Crippen molar-refractivity contribution in [2.45, 2.75) is 37.9 Å². The molecular weight excluding hydrogens is 571 g/mol. The van der Waals surface area contributed by atoms with Gasteiger partial charge >= 0.3 is 5.97 Å². The van der Waals surface area contributed by atoms with Gasteiger partial charge in [-0.3, -0.25) is 14.6 Å². The lowest BCUT2D eigenvalue weighted by molar-refractivity contribution is -0.139. The van der Waals surface area contributed by atoms with Gasteiger partial charge in [-0.05, 0) is 54.7 Å². The quantitative estimate of drug-likeness (QED) is 0.218. The van der Waals surface area contributed by atoms with E-state index in [2.05, 4.69) is 21.1 Å². The van der Waals surface area contributed by atoms with Gasteiger partial charge in [0.05, 0.1) is 21.3 Å². The predicted octanol–water partition coefficient (Wildman–Crippen LogP) is 1.74. The first-order valence-corrected chi connectivity index (χ1v) is 13.9.